The predicted octanol–water partition coefficient (Wildman–Crippen LogP) is 3.17. The van der Waals surface area contributed by atoms with Crippen LogP contribution in [0.4, 0.5) is 20.6 Å². The quantitative estimate of drug-likeness (QED) is 0.906. The standard InChI is InChI=1S/C18H18FN3O2/c1-2-12-3-5-13(6-4-12)21-17(23)15-11-14(7-8-16(15)19)22-10-9-20-18(22)24/h3-8,11H,2,9-10H2,1H3,(H,20,24)(H,21,23). The molecule has 3 rings (SSSR count). The summed E-state index contributed by atoms with van der Waals surface area (Å²) in [7, 11) is 0. The molecule has 0 unspecified atom stereocenters. The van der Waals surface area contributed by atoms with E-state index in [0.29, 0.717) is 24.5 Å². The zero-order valence-corrected chi connectivity index (χ0v) is 13.3. The molecule has 1 aliphatic heterocycles. The summed E-state index contributed by atoms with van der Waals surface area (Å²) in [4.78, 5) is 25.6. The summed E-state index contributed by atoms with van der Waals surface area (Å²) in [5.41, 5.74) is 2.16. The maximum absolute atomic E-state index is 14.0. The molecule has 2 N–H and O–H groups in total. The molecule has 0 aliphatic carbocycles. The normalized spacial score (nSPS) is 13.8. The van der Waals surface area contributed by atoms with Crippen molar-refractivity contribution in [3.8, 4) is 0 Å². The van der Waals surface area contributed by atoms with Gasteiger partial charge >= 0.3 is 6.03 Å². The van der Waals surface area contributed by atoms with E-state index in [1.165, 1.54) is 23.1 Å². The van der Waals surface area contributed by atoms with Gasteiger partial charge in [0, 0.05) is 24.5 Å². The summed E-state index contributed by atoms with van der Waals surface area (Å²) in [6.45, 7) is 3.06. The third-order valence-corrected chi connectivity index (χ3v) is 3.98. The first-order chi connectivity index (χ1) is 11.6. The Morgan fingerprint density at radius 2 is 2.00 bits per heavy atom. The number of aryl methyl sites for hydroxylation is 1. The summed E-state index contributed by atoms with van der Waals surface area (Å²) >= 11 is 0. The molecule has 2 aromatic rings. The van der Waals surface area contributed by atoms with Crippen molar-refractivity contribution in [2.24, 2.45) is 0 Å². The highest BCUT2D eigenvalue weighted by Crippen LogP contribution is 2.21. The molecular weight excluding hydrogens is 309 g/mol. The van der Waals surface area contributed by atoms with Crippen molar-refractivity contribution in [3.63, 3.8) is 0 Å². The number of amides is 3. The summed E-state index contributed by atoms with van der Waals surface area (Å²) in [5.74, 6) is -1.17. The van der Waals surface area contributed by atoms with Crippen LogP contribution in [0.5, 0.6) is 0 Å². The van der Waals surface area contributed by atoms with Crippen molar-refractivity contribution in [3.05, 3.63) is 59.4 Å². The van der Waals surface area contributed by atoms with E-state index in [1.54, 1.807) is 12.1 Å². The lowest BCUT2D eigenvalue weighted by Gasteiger charge is -2.15. The maximum Gasteiger partial charge on any atom is 0.321 e. The molecule has 0 saturated carbocycles. The molecule has 5 nitrogen and oxygen atoms in total. The zero-order chi connectivity index (χ0) is 17.1. The molecule has 3 amide bonds. The van der Waals surface area contributed by atoms with Gasteiger partial charge in [-0.1, -0.05) is 19.1 Å². The van der Waals surface area contributed by atoms with Crippen molar-refractivity contribution in [2.75, 3.05) is 23.3 Å². The second kappa shape index (κ2) is 6.70. The molecule has 0 atom stereocenters. The van der Waals surface area contributed by atoms with Gasteiger partial charge in [-0.05, 0) is 42.3 Å². The summed E-state index contributed by atoms with van der Waals surface area (Å²) in [6.07, 6.45) is 0.906. The van der Waals surface area contributed by atoms with Gasteiger partial charge < -0.3 is 10.6 Å². The van der Waals surface area contributed by atoms with Crippen molar-refractivity contribution in [1.29, 1.82) is 0 Å². The Morgan fingerprint density at radius 1 is 1.25 bits per heavy atom. The van der Waals surface area contributed by atoms with E-state index in [1.807, 2.05) is 19.1 Å². The lowest BCUT2D eigenvalue weighted by Crippen LogP contribution is -2.28. The van der Waals surface area contributed by atoms with Gasteiger partial charge in [-0.2, -0.15) is 0 Å². The summed E-state index contributed by atoms with van der Waals surface area (Å²) in [6, 6.07) is 11.2. The fourth-order valence-electron chi connectivity index (χ4n) is 2.60. The SMILES string of the molecule is CCc1ccc(NC(=O)c2cc(N3CCNC3=O)ccc2F)cc1. The molecule has 24 heavy (non-hydrogen) atoms. The van der Waals surface area contributed by atoms with Gasteiger partial charge in [0.05, 0.1) is 5.56 Å². The Kier molecular flexibility index (Phi) is 4.46. The number of carbonyl (C=O) groups is 2. The van der Waals surface area contributed by atoms with E-state index < -0.39 is 11.7 Å². The predicted molar refractivity (Wildman–Crippen MR) is 90.9 cm³/mol. The van der Waals surface area contributed by atoms with Gasteiger partial charge in [0.1, 0.15) is 5.82 Å². The number of nitrogens with zero attached hydrogens (tertiary/aromatic N) is 1. The number of hydrogen-bond acceptors (Lipinski definition) is 2. The second-order valence-corrected chi connectivity index (χ2v) is 5.55. The van der Waals surface area contributed by atoms with Crippen molar-refractivity contribution < 1.29 is 14.0 Å². The summed E-state index contributed by atoms with van der Waals surface area (Å²) < 4.78 is 14.0. The Morgan fingerprint density at radius 3 is 2.62 bits per heavy atom. The van der Waals surface area contributed by atoms with Crippen molar-refractivity contribution in [2.45, 2.75) is 13.3 Å². The minimum Gasteiger partial charge on any atom is -0.336 e. The van der Waals surface area contributed by atoms with Crippen LogP contribution in [0.3, 0.4) is 0 Å². The minimum atomic E-state index is -0.624. The molecule has 6 heteroatoms. The van der Waals surface area contributed by atoms with Gasteiger partial charge in [-0.3, -0.25) is 9.69 Å². The number of nitrogens with one attached hydrogen (secondary N) is 2. The van der Waals surface area contributed by atoms with Crippen LogP contribution in [0.1, 0.15) is 22.8 Å². The Balaban J connectivity index is 1.81. The second-order valence-electron chi connectivity index (χ2n) is 5.55. The number of benzene rings is 2. The highest BCUT2D eigenvalue weighted by atomic mass is 19.1. The Hall–Kier alpha value is -2.89. The van der Waals surface area contributed by atoms with Crippen LogP contribution in [0.15, 0.2) is 42.5 Å². The van der Waals surface area contributed by atoms with E-state index in [2.05, 4.69) is 10.6 Å². The van der Waals surface area contributed by atoms with Crippen LogP contribution >= 0.6 is 0 Å². The van der Waals surface area contributed by atoms with Crippen LogP contribution in [-0.2, 0) is 6.42 Å². The first-order valence-corrected chi connectivity index (χ1v) is 7.83. The molecule has 0 radical (unpaired) electrons. The fourth-order valence-corrected chi connectivity index (χ4v) is 2.60. The summed E-state index contributed by atoms with van der Waals surface area (Å²) in [5, 5.41) is 5.36. The van der Waals surface area contributed by atoms with Crippen LogP contribution in [0.2, 0.25) is 0 Å². The Bertz CT molecular complexity index is 774. The maximum atomic E-state index is 14.0. The molecule has 1 aliphatic rings. The largest absolute Gasteiger partial charge is 0.336 e. The number of urea groups is 1. The third kappa shape index (κ3) is 3.22. The molecule has 1 fully saturated rings. The number of rotatable bonds is 4. The van der Waals surface area contributed by atoms with Gasteiger partial charge in [0.25, 0.3) is 5.91 Å². The number of carbonyl (C=O) groups excluding carboxylic acids is 2. The van der Waals surface area contributed by atoms with E-state index in [-0.39, 0.29) is 11.6 Å². The number of halogens is 1. The molecule has 124 valence electrons. The van der Waals surface area contributed by atoms with Gasteiger partial charge in [0.15, 0.2) is 0 Å². The highest BCUT2D eigenvalue weighted by Gasteiger charge is 2.23. The highest BCUT2D eigenvalue weighted by molar-refractivity contribution is 6.05. The van der Waals surface area contributed by atoms with Crippen molar-refractivity contribution >= 4 is 23.3 Å². The van der Waals surface area contributed by atoms with Crippen LogP contribution < -0.4 is 15.5 Å². The molecule has 0 aromatic heterocycles. The van der Waals surface area contributed by atoms with Crippen molar-refractivity contribution in [1.82, 2.24) is 5.32 Å². The minimum absolute atomic E-state index is 0.0910. The molecule has 1 heterocycles. The lowest BCUT2D eigenvalue weighted by molar-refractivity contribution is 0.102. The average Bonchev–Trinajstić information content (AvgIpc) is 3.02. The van der Waals surface area contributed by atoms with E-state index >= 15 is 0 Å². The zero-order valence-electron chi connectivity index (χ0n) is 13.3. The van der Waals surface area contributed by atoms with E-state index in [0.717, 1.165) is 12.0 Å². The van der Waals surface area contributed by atoms with Crippen LogP contribution in [0, 0.1) is 5.82 Å². The number of hydrogen-bond donors (Lipinski definition) is 2. The smallest absolute Gasteiger partial charge is 0.321 e. The van der Waals surface area contributed by atoms with E-state index in [4.69, 9.17) is 0 Å². The first kappa shape index (κ1) is 16.0. The molecular formula is C18H18FN3O2. The van der Waals surface area contributed by atoms with E-state index in [9.17, 15) is 14.0 Å². The van der Waals surface area contributed by atoms with Gasteiger partial charge in [-0.15, -0.1) is 0 Å². The fraction of sp³-hybridized carbons (Fsp3) is 0.222. The molecule has 2 aromatic carbocycles. The molecule has 0 spiro atoms. The topological polar surface area (TPSA) is 61.4 Å². The average molecular weight is 327 g/mol. The monoisotopic (exact) mass is 327 g/mol. The Labute approximate surface area is 139 Å². The third-order valence-electron chi connectivity index (χ3n) is 3.98. The van der Waals surface area contributed by atoms with Crippen LogP contribution in [-0.4, -0.2) is 25.0 Å². The van der Waals surface area contributed by atoms with Gasteiger partial charge in [0.2, 0.25) is 0 Å². The molecule has 0 bridgehead atoms. The lowest BCUT2D eigenvalue weighted by atomic mass is 10.1. The number of anilines is 2. The first-order valence-electron chi connectivity index (χ1n) is 7.83. The van der Waals surface area contributed by atoms with Gasteiger partial charge in [-0.25, -0.2) is 9.18 Å². The molecule has 1 saturated heterocycles. The van der Waals surface area contributed by atoms with Crippen LogP contribution in [0.25, 0.3) is 0 Å².